The normalized spacial score (nSPS) is 16.2. The zero-order chi connectivity index (χ0) is 15.5. The van der Waals surface area contributed by atoms with Crippen molar-refractivity contribution in [1.82, 2.24) is 20.0 Å². The Labute approximate surface area is 126 Å². The maximum absolute atomic E-state index is 11.9. The molecule has 0 atom stereocenters. The highest BCUT2D eigenvalue weighted by Gasteiger charge is 2.24. The Balaban J connectivity index is 1.76. The standard InChI is InChI=1S/C15H27N5O/c1-12-9-13(18-19(12)4)17-14(21)16-10-15(2,3)11-20-7-5-6-8-20/h9H,5-8,10-11H2,1-4H3,(H2,16,17,18,21). The summed E-state index contributed by atoms with van der Waals surface area (Å²) in [6.45, 7) is 10.4. The van der Waals surface area contributed by atoms with E-state index in [0.717, 1.165) is 12.2 Å². The van der Waals surface area contributed by atoms with Crippen LogP contribution in [0.25, 0.3) is 0 Å². The fourth-order valence-corrected chi connectivity index (χ4v) is 2.70. The lowest BCUT2D eigenvalue weighted by Gasteiger charge is -2.30. The number of hydrogen-bond donors (Lipinski definition) is 2. The molecule has 2 amide bonds. The molecule has 6 heteroatoms. The average Bonchev–Trinajstić information content (AvgIpc) is 2.98. The number of aryl methyl sites for hydroxylation is 2. The van der Waals surface area contributed by atoms with Crippen LogP contribution < -0.4 is 10.6 Å². The molecular formula is C15H27N5O. The van der Waals surface area contributed by atoms with Crippen molar-refractivity contribution in [3.63, 3.8) is 0 Å². The molecular weight excluding hydrogens is 266 g/mol. The van der Waals surface area contributed by atoms with E-state index in [1.165, 1.54) is 25.9 Å². The average molecular weight is 293 g/mol. The van der Waals surface area contributed by atoms with Crippen LogP contribution in [0.15, 0.2) is 6.07 Å². The molecule has 1 aliphatic heterocycles. The minimum Gasteiger partial charge on any atom is -0.337 e. The minimum absolute atomic E-state index is 0.0711. The number of likely N-dealkylation sites (tertiary alicyclic amines) is 1. The van der Waals surface area contributed by atoms with Gasteiger partial charge in [-0.1, -0.05) is 13.8 Å². The summed E-state index contributed by atoms with van der Waals surface area (Å²) in [6, 6.07) is 1.66. The van der Waals surface area contributed by atoms with Crippen LogP contribution in [0.5, 0.6) is 0 Å². The first-order valence-corrected chi connectivity index (χ1v) is 7.64. The first-order valence-electron chi connectivity index (χ1n) is 7.64. The lowest BCUT2D eigenvalue weighted by Crippen LogP contribution is -2.42. The highest BCUT2D eigenvalue weighted by Crippen LogP contribution is 2.19. The van der Waals surface area contributed by atoms with E-state index in [9.17, 15) is 4.79 Å². The first kappa shape index (κ1) is 15.8. The summed E-state index contributed by atoms with van der Waals surface area (Å²) in [4.78, 5) is 14.4. The lowest BCUT2D eigenvalue weighted by molar-refractivity contribution is 0.201. The van der Waals surface area contributed by atoms with Crippen LogP contribution in [-0.2, 0) is 7.05 Å². The Kier molecular flexibility index (Phi) is 4.88. The zero-order valence-corrected chi connectivity index (χ0v) is 13.6. The molecule has 1 aliphatic rings. The van der Waals surface area contributed by atoms with Gasteiger partial charge < -0.3 is 10.2 Å². The Morgan fingerprint density at radius 2 is 2.05 bits per heavy atom. The highest BCUT2D eigenvalue weighted by atomic mass is 16.2. The van der Waals surface area contributed by atoms with Gasteiger partial charge in [-0.15, -0.1) is 0 Å². The monoisotopic (exact) mass is 293 g/mol. The molecule has 2 N–H and O–H groups in total. The van der Waals surface area contributed by atoms with Gasteiger partial charge in [0.2, 0.25) is 0 Å². The van der Waals surface area contributed by atoms with Crippen LogP contribution in [0.1, 0.15) is 32.4 Å². The number of anilines is 1. The second-order valence-electron chi connectivity index (χ2n) is 6.75. The van der Waals surface area contributed by atoms with Crippen molar-refractivity contribution in [2.75, 3.05) is 31.5 Å². The smallest absolute Gasteiger partial charge is 0.320 e. The first-order chi connectivity index (χ1) is 9.85. The fraction of sp³-hybridized carbons (Fsp3) is 0.733. The maximum atomic E-state index is 11.9. The molecule has 118 valence electrons. The molecule has 6 nitrogen and oxygen atoms in total. The predicted molar refractivity (Wildman–Crippen MR) is 84.4 cm³/mol. The summed E-state index contributed by atoms with van der Waals surface area (Å²) in [5.41, 5.74) is 1.08. The molecule has 1 aromatic rings. The van der Waals surface area contributed by atoms with Crippen LogP contribution in [0.2, 0.25) is 0 Å². The van der Waals surface area contributed by atoms with Crippen molar-refractivity contribution in [2.24, 2.45) is 12.5 Å². The SMILES string of the molecule is Cc1cc(NC(=O)NCC(C)(C)CN2CCCC2)nn1C. The van der Waals surface area contributed by atoms with Gasteiger partial charge in [0.15, 0.2) is 5.82 Å². The van der Waals surface area contributed by atoms with Crippen LogP contribution in [0.3, 0.4) is 0 Å². The van der Waals surface area contributed by atoms with Gasteiger partial charge in [0.25, 0.3) is 0 Å². The third-order valence-electron chi connectivity index (χ3n) is 3.93. The molecule has 0 aromatic carbocycles. The Morgan fingerprint density at radius 1 is 1.38 bits per heavy atom. The van der Waals surface area contributed by atoms with E-state index in [4.69, 9.17) is 0 Å². The summed E-state index contributed by atoms with van der Waals surface area (Å²) >= 11 is 0. The number of amides is 2. The van der Waals surface area contributed by atoms with Crippen molar-refractivity contribution in [3.05, 3.63) is 11.8 Å². The Morgan fingerprint density at radius 3 is 2.62 bits per heavy atom. The van der Waals surface area contributed by atoms with E-state index >= 15 is 0 Å². The van der Waals surface area contributed by atoms with Crippen LogP contribution in [0, 0.1) is 12.3 Å². The molecule has 2 heterocycles. The topological polar surface area (TPSA) is 62.2 Å². The summed E-state index contributed by atoms with van der Waals surface area (Å²) in [5, 5.41) is 9.94. The molecule has 0 bridgehead atoms. The number of rotatable bonds is 5. The van der Waals surface area contributed by atoms with Gasteiger partial charge in [0.05, 0.1) is 0 Å². The van der Waals surface area contributed by atoms with Crippen molar-refractivity contribution >= 4 is 11.8 Å². The van der Waals surface area contributed by atoms with Crippen LogP contribution in [0.4, 0.5) is 10.6 Å². The molecule has 1 fully saturated rings. The van der Waals surface area contributed by atoms with Crippen molar-refractivity contribution in [2.45, 2.75) is 33.6 Å². The highest BCUT2D eigenvalue weighted by molar-refractivity contribution is 5.88. The van der Waals surface area contributed by atoms with E-state index in [0.29, 0.717) is 12.4 Å². The Hall–Kier alpha value is -1.56. The van der Waals surface area contributed by atoms with E-state index in [1.807, 2.05) is 20.0 Å². The lowest BCUT2D eigenvalue weighted by atomic mass is 9.93. The maximum Gasteiger partial charge on any atom is 0.320 e. The summed E-state index contributed by atoms with van der Waals surface area (Å²) in [6.07, 6.45) is 2.59. The molecule has 2 rings (SSSR count). The second-order valence-corrected chi connectivity index (χ2v) is 6.75. The number of carbonyl (C=O) groups excluding carboxylic acids is 1. The summed E-state index contributed by atoms with van der Waals surface area (Å²) < 4.78 is 1.74. The number of aromatic nitrogens is 2. The molecule has 0 aliphatic carbocycles. The molecule has 1 saturated heterocycles. The molecule has 0 unspecified atom stereocenters. The molecule has 1 aromatic heterocycles. The largest absolute Gasteiger partial charge is 0.337 e. The molecule has 0 spiro atoms. The van der Waals surface area contributed by atoms with E-state index < -0.39 is 0 Å². The van der Waals surface area contributed by atoms with Gasteiger partial charge in [-0.25, -0.2) is 4.79 Å². The third-order valence-corrected chi connectivity index (χ3v) is 3.93. The minimum atomic E-state index is -0.192. The second kappa shape index (κ2) is 6.47. The van der Waals surface area contributed by atoms with Crippen molar-refractivity contribution in [3.8, 4) is 0 Å². The van der Waals surface area contributed by atoms with Gasteiger partial charge in [0.1, 0.15) is 0 Å². The van der Waals surface area contributed by atoms with Crippen molar-refractivity contribution < 1.29 is 4.79 Å². The van der Waals surface area contributed by atoms with Gasteiger partial charge in [-0.3, -0.25) is 10.00 Å². The number of urea groups is 1. The van der Waals surface area contributed by atoms with Crippen LogP contribution >= 0.6 is 0 Å². The number of nitrogens with one attached hydrogen (secondary N) is 2. The van der Waals surface area contributed by atoms with Gasteiger partial charge >= 0.3 is 6.03 Å². The number of nitrogens with zero attached hydrogens (tertiary/aromatic N) is 3. The van der Waals surface area contributed by atoms with E-state index in [2.05, 4.69) is 34.5 Å². The van der Waals surface area contributed by atoms with Crippen LogP contribution in [-0.4, -0.2) is 46.9 Å². The summed E-state index contributed by atoms with van der Waals surface area (Å²) in [7, 11) is 1.86. The molecule has 21 heavy (non-hydrogen) atoms. The Bertz CT molecular complexity index is 469. The molecule has 0 radical (unpaired) electrons. The fourth-order valence-electron chi connectivity index (χ4n) is 2.70. The molecule has 0 saturated carbocycles. The van der Waals surface area contributed by atoms with E-state index in [-0.39, 0.29) is 11.4 Å². The van der Waals surface area contributed by atoms with Gasteiger partial charge in [0, 0.05) is 31.9 Å². The van der Waals surface area contributed by atoms with E-state index in [1.54, 1.807) is 4.68 Å². The van der Waals surface area contributed by atoms with Crippen molar-refractivity contribution in [1.29, 1.82) is 0 Å². The number of carbonyl (C=O) groups is 1. The van der Waals surface area contributed by atoms with Gasteiger partial charge in [-0.2, -0.15) is 5.10 Å². The zero-order valence-electron chi connectivity index (χ0n) is 13.6. The quantitative estimate of drug-likeness (QED) is 0.872. The van der Waals surface area contributed by atoms with Gasteiger partial charge in [-0.05, 0) is 38.3 Å². The predicted octanol–water partition coefficient (Wildman–Crippen LogP) is 1.97. The summed E-state index contributed by atoms with van der Waals surface area (Å²) in [5.74, 6) is 0.588. The third kappa shape index (κ3) is 4.74. The number of hydrogen-bond acceptors (Lipinski definition) is 3.